The van der Waals surface area contributed by atoms with Crippen LogP contribution in [0.3, 0.4) is 0 Å². The van der Waals surface area contributed by atoms with Crippen LogP contribution in [0.4, 0.5) is 0 Å². The van der Waals surface area contributed by atoms with E-state index in [0.717, 1.165) is 24.2 Å². The third-order valence-electron chi connectivity index (χ3n) is 5.03. The molecule has 0 aliphatic carbocycles. The number of rotatable bonds is 6. The molecule has 5 heteroatoms. The molecule has 0 radical (unpaired) electrons. The molecule has 1 amide bonds. The van der Waals surface area contributed by atoms with Gasteiger partial charge in [-0.15, -0.1) is 0 Å². The SMILES string of the molecule is COc1ccc(C(C)(C)C(=O)NCc2ccc3c(c2)CNC3)cc1OC. The van der Waals surface area contributed by atoms with Gasteiger partial charge in [-0.05, 0) is 48.2 Å². The van der Waals surface area contributed by atoms with Gasteiger partial charge in [0.25, 0.3) is 0 Å². The summed E-state index contributed by atoms with van der Waals surface area (Å²) in [5, 5.41) is 6.40. The fraction of sp³-hybridized carbons (Fsp3) is 0.381. The molecule has 0 bridgehead atoms. The van der Waals surface area contributed by atoms with Gasteiger partial charge in [-0.25, -0.2) is 0 Å². The molecule has 1 aliphatic heterocycles. The molecule has 3 rings (SSSR count). The highest BCUT2D eigenvalue weighted by Crippen LogP contribution is 2.33. The fourth-order valence-electron chi connectivity index (χ4n) is 3.22. The molecule has 2 N–H and O–H groups in total. The lowest BCUT2D eigenvalue weighted by Crippen LogP contribution is -2.39. The molecule has 5 nitrogen and oxygen atoms in total. The molecular weight excluding hydrogens is 328 g/mol. The number of hydrogen-bond acceptors (Lipinski definition) is 4. The number of carbonyl (C=O) groups is 1. The van der Waals surface area contributed by atoms with Gasteiger partial charge in [0.1, 0.15) is 0 Å². The van der Waals surface area contributed by atoms with E-state index in [0.29, 0.717) is 18.0 Å². The van der Waals surface area contributed by atoms with E-state index in [9.17, 15) is 4.79 Å². The Hall–Kier alpha value is -2.53. The van der Waals surface area contributed by atoms with Crippen molar-refractivity contribution in [1.29, 1.82) is 0 Å². The average Bonchev–Trinajstić information content (AvgIpc) is 3.13. The van der Waals surface area contributed by atoms with Crippen LogP contribution in [0.5, 0.6) is 11.5 Å². The lowest BCUT2D eigenvalue weighted by molar-refractivity contribution is -0.125. The highest BCUT2D eigenvalue weighted by atomic mass is 16.5. The molecule has 2 aromatic rings. The molecule has 0 saturated carbocycles. The van der Waals surface area contributed by atoms with E-state index in [4.69, 9.17) is 9.47 Å². The summed E-state index contributed by atoms with van der Waals surface area (Å²) in [6.45, 7) is 6.16. The molecule has 0 fully saturated rings. The molecule has 1 aliphatic rings. The maximum absolute atomic E-state index is 12.8. The molecular formula is C21H26N2O3. The average molecular weight is 354 g/mol. The van der Waals surface area contributed by atoms with E-state index in [1.807, 2.05) is 32.0 Å². The lowest BCUT2D eigenvalue weighted by atomic mass is 9.83. The Morgan fingerprint density at radius 1 is 1.04 bits per heavy atom. The van der Waals surface area contributed by atoms with E-state index in [1.54, 1.807) is 14.2 Å². The third-order valence-corrected chi connectivity index (χ3v) is 5.03. The second-order valence-corrected chi connectivity index (χ2v) is 7.08. The minimum atomic E-state index is -0.683. The van der Waals surface area contributed by atoms with Gasteiger partial charge in [-0.2, -0.15) is 0 Å². The summed E-state index contributed by atoms with van der Waals surface area (Å²) in [6, 6.07) is 12.0. The van der Waals surface area contributed by atoms with Gasteiger partial charge in [0, 0.05) is 19.6 Å². The summed E-state index contributed by atoms with van der Waals surface area (Å²) in [7, 11) is 3.19. The highest BCUT2D eigenvalue weighted by molar-refractivity contribution is 5.87. The van der Waals surface area contributed by atoms with Crippen LogP contribution < -0.4 is 20.1 Å². The highest BCUT2D eigenvalue weighted by Gasteiger charge is 2.30. The van der Waals surface area contributed by atoms with E-state index in [2.05, 4.69) is 28.8 Å². The molecule has 0 atom stereocenters. The maximum Gasteiger partial charge on any atom is 0.230 e. The first kappa shape index (κ1) is 18.3. The minimum Gasteiger partial charge on any atom is -0.493 e. The van der Waals surface area contributed by atoms with Crippen LogP contribution in [-0.4, -0.2) is 20.1 Å². The molecule has 1 heterocycles. The molecule has 0 spiro atoms. The molecule has 0 aromatic heterocycles. The van der Waals surface area contributed by atoms with E-state index in [-0.39, 0.29) is 5.91 Å². The number of fused-ring (bicyclic) bond motifs is 1. The van der Waals surface area contributed by atoms with E-state index < -0.39 is 5.41 Å². The Kier molecular flexibility index (Phi) is 5.18. The zero-order chi connectivity index (χ0) is 18.7. The summed E-state index contributed by atoms with van der Waals surface area (Å²) < 4.78 is 10.6. The molecule has 0 unspecified atom stereocenters. The number of methoxy groups -OCH3 is 2. The Morgan fingerprint density at radius 3 is 2.50 bits per heavy atom. The number of nitrogens with one attached hydrogen (secondary N) is 2. The van der Waals surface area contributed by atoms with Crippen molar-refractivity contribution in [2.45, 2.75) is 38.9 Å². The molecule has 0 saturated heterocycles. The topological polar surface area (TPSA) is 59.6 Å². The molecule has 2 aromatic carbocycles. The van der Waals surface area contributed by atoms with Crippen LogP contribution in [0.15, 0.2) is 36.4 Å². The van der Waals surface area contributed by atoms with Crippen molar-refractivity contribution in [2.24, 2.45) is 0 Å². The molecule has 26 heavy (non-hydrogen) atoms. The van der Waals surface area contributed by atoms with Gasteiger partial charge in [-0.1, -0.05) is 24.3 Å². The first-order valence-corrected chi connectivity index (χ1v) is 8.78. The van der Waals surface area contributed by atoms with Crippen LogP contribution in [-0.2, 0) is 29.8 Å². The van der Waals surface area contributed by atoms with Crippen LogP contribution in [0.25, 0.3) is 0 Å². The van der Waals surface area contributed by atoms with E-state index >= 15 is 0 Å². The number of amides is 1. The summed E-state index contributed by atoms with van der Waals surface area (Å²) in [6.07, 6.45) is 0. The second-order valence-electron chi connectivity index (χ2n) is 7.08. The van der Waals surface area contributed by atoms with Gasteiger partial charge in [0.05, 0.1) is 19.6 Å². The van der Waals surface area contributed by atoms with Crippen molar-refractivity contribution in [3.8, 4) is 11.5 Å². The van der Waals surface area contributed by atoms with Gasteiger partial charge in [0.15, 0.2) is 11.5 Å². The number of hydrogen-bond donors (Lipinski definition) is 2. The Morgan fingerprint density at radius 2 is 1.77 bits per heavy atom. The zero-order valence-electron chi connectivity index (χ0n) is 15.8. The van der Waals surface area contributed by atoms with Crippen molar-refractivity contribution in [3.05, 3.63) is 58.7 Å². The van der Waals surface area contributed by atoms with Gasteiger partial charge in [-0.3, -0.25) is 4.79 Å². The number of benzene rings is 2. The van der Waals surface area contributed by atoms with Crippen molar-refractivity contribution < 1.29 is 14.3 Å². The monoisotopic (exact) mass is 354 g/mol. The Bertz CT molecular complexity index is 815. The second kappa shape index (κ2) is 7.38. The lowest BCUT2D eigenvalue weighted by Gasteiger charge is -2.25. The Labute approximate surface area is 154 Å². The smallest absolute Gasteiger partial charge is 0.230 e. The van der Waals surface area contributed by atoms with Crippen LogP contribution in [0.2, 0.25) is 0 Å². The van der Waals surface area contributed by atoms with Gasteiger partial charge < -0.3 is 20.1 Å². The summed E-state index contributed by atoms with van der Waals surface area (Å²) in [5.41, 5.74) is 3.97. The third kappa shape index (κ3) is 3.53. The quantitative estimate of drug-likeness (QED) is 0.837. The Balaban J connectivity index is 1.72. The first-order chi connectivity index (χ1) is 12.5. The van der Waals surface area contributed by atoms with Crippen molar-refractivity contribution >= 4 is 5.91 Å². The summed E-state index contributed by atoms with van der Waals surface area (Å²) >= 11 is 0. The fourth-order valence-corrected chi connectivity index (χ4v) is 3.22. The van der Waals surface area contributed by atoms with E-state index in [1.165, 1.54) is 11.1 Å². The van der Waals surface area contributed by atoms with Crippen molar-refractivity contribution in [3.63, 3.8) is 0 Å². The standard InChI is InChI=1S/C21H26N2O3/c1-21(2,17-7-8-18(25-3)19(10-17)26-4)20(24)23-11-14-5-6-15-12-22-13-16(15)9-14/h5-10,22H,11-13H2,1-4H3,(H,23,24). The minimum absolute atomic E-state index is 0.0247. The van der Waals surface area contributed by atoms with Crippen LogP contribution >= 0.6 is 0 Å². The first-order valence-electron chi connectivity index (χ1n) is 8.78. The van der Waals surface area contributed by atoms with Crippen molar-refractivity contribution in [2.75, 3.05) is 14.2 Å². The largest absolute Gasteiger partial charge is 0.493 e. The summed E-state index contributed by atoms with van der Waals surface area (Å²) in [5.74, 6) is 1.25. The van der Waals surface area contributed by atoms with Gasteiger partial charge >= 0.3 is 0 Å². The normalized spacial score (nSPS) is 13.2. The van der Waals surface area contributed by atoms with Crippen LogP contribution in [0.1, 0.15) is 36.1 Å². The summed E-state index contributed by atoms with van der Waals surface area (Å²) in [4.78, 5) is 12.8. The number of ether oxygens (including phenoxy) is 2. The molecule has 138 valence electrons. The van der Waals surface area contributed by atoms with Gasteiger partial charge in [0.2, 0.25) is 5.91 Å². The number of carbonyl (C=O) groups excluding carboxylic acids is 1. The maximum atomic E-state index is 12.8. The predicted molar refractivity (Wildman–Crippen MR) is 101 cm³/mol. The zero-order valence-corrected chi connectivity index (χ0v) is 15.8. The van der Waals surface area contributed by atoms with Crippen LogP contribution in [0, 0.1) is 0 Å². The van der Waals surface area contributed by atoms with Crippen molar-refractivity contribution in [1.82, 2.24) is 10.6 Å². The predicted octanol–water partition coefficient (Wildman–Crippen LogP) is 2.90.